The monoisotopic (exact) mass is 267 g/mol. The second-order valence-corrected chi connectivity index (χ2v) is 4.68. The van der Waals surface area contributed by atoms with Crippen LogP contribution in [-0.2, 0) is 9.53 Å². The molecule has 0 amide bonds. The number of rotatable bonds is 3. The van der Waals surface area contributed by atoms with Crippen molar-refractivity contribution in [2.24, 2.45) is 0 Å². The van der Waals surface area contributed by atoms with E-state index >= 15 is 0 Å². The van der Waals surface area contributed by atoms with Gasteiger partial charge in [0.15, 0.2) is 11.9 Å². The standard InChI is InChI=1S/C12H17N3O4/c1-8(2)14-4-3-13-10(11(14)16)15-5-6-19-7-9(15)12(17)18/h3-4,8-9H,5-7H2,1-2H3,(H,17,18). The molecule has 1 atom stereocenters. The SMILES string of the molecule is CC(C)n1ccnc(N2CCOCC2C(=O)O)c1=O. The Morgan fingerprint density at radius 3 is 2.95 bits per heavy atom. The van der Waals surface area contributed by atoms with Gasteiger partial charge in [-0.2, -0.15) is 0 Å². The van der Waals surface area contributed by atoms with Crippen molar-refractivity contribution in [2.75, 3.05) is 24.7 Å². The van der Waals surface area contributed by atoms with Gasteiger partial charge in [0.25, 0.3) is 5.56 Å². The quantitative estimate of drug-likeness (QED) is 0.837. The van der Waals surface area contributed by atoms with Gasteiger partial charge in [-0.05, 0) is 13.8 Å². The lowest BCUT2D eigenvalue weighted by Gasteiger charge is -2.33. The molecule has 0 radical (unpaired) electrons. The van der Waals surface area contributed by atoms with Gasteiger partial charge in [0, 0.05) is 25.0 Å². The summed E-state index contributed by atoms with van der Waals surface area (Å²) in [7, 11) is 0. The maximum Gasteiger partial charge on any atom is 0.328 e. The van der Waals surface area contributed by atoms with Crippen molar-refractivity contribution in [3.05, 3.63) is 22.7 Å². The Hall–Kier alpha value is -1.89. The van der Waals surface area contributed by atoms with Crippen molar-refractivity contribution in [3.63, 3.8) is 0 Å². The van der Waals surface area contributed by atoms with Gasteiger partial charge in [0.05, 0.1) is 13.2 Å². The molecular weight excluding hydrogens is 250 g/mol. The molecule has 1 aliphatic heterocycles. The molecule has 2 rings (SSSR count). The predicted octanol–water partition coefficient (Wildman–Crippen LogP) is 0.114. The molecule has 2 heterocycles. The maximum absolute atomic E-state index is 12.3. The third-order valence-corrected chi connectivity index (χ3v) is 3.09. The fourth-order valence-electron chi connectivity index (χ4n) is 2.08. The van der Waals surface area contributed by atoms with Crippen LogP contribution in [-0.4, -0.2) is 46.4 Å². The third kappa shape index (κ3) is 2.60. The number of hydrogen-bond donors (Lipinski definition) is 1. The summed E-state index contributed by atoms with van der Waals surface area (Å²) < 4.78 is 6.69. The normalized spacial score (nSPS) is 19.7. The van der Waals surface area contributed by atoms with E-state index < -0.39 is 12.0 Å². The summed E-state index contributed by atoms with van der Waals surface area (Å²) in [5, 5.41) is 9.18. The zero-order valence-electron chi connectivity index (χ0n) is 10.9. The first-order valence-corrected chi connectivity index (χ1v) is 6.16. The van der Waals surface area contributed by atoms with E-state index in [4.69, 9.17) is 4.74 Å². The molecule has 7 heteroatoms. The predicted molar refractivity (Wildman–Crippen MR) is 68.5 cm³/mol. The number of morpholine rings is 1. The third-order valence-electron chi connectivity index (χ3n) is 3.09. The lowest BCUT2D eigenvalue weighted by Crippen LogP contribution is -2.52. The number of aromatic nitrogens is 2. The van der Waals surface area contributed by atoms with E-state index in [2.05, 4.69) is 4.98 Å². The van der Waals surface area contributed by atoms with Gasteiger partial charge in [-0.15, -0.1) is 0 Å². The zero-order valence-corrected chi connectivity index (χ0v) is 10.9. The van der Waals surface area contributed by atoms with E-state index in [1.165, 1.54) is 15.7 Å². The van der Waals surface area contributed by atoms with Gasteiger partial charge in [0.1, 0.15) is 0 Å². The lowest BCUT2D eigenvalue weighted by molar-refractivity contribution is -0.141. The minimum absolute atomic E-state index is 0.00133. The van der Waals surface area contributed by atoms with Crippen molar-refractivity contribution in [1.29, 1.82) is 0 Å². The fraction of sp³-hybridized carbons (Fsp3) is 0.583. The van der Waals surface area contributed by atoms with Crippen molar-refractivity contribution in [2.45, 2.75) is 25.9 Å². The van der Waals surface area contributed by atoms with Gasteiger partial charge in [-0.1, -0.05) is 0 Å². The number of anilines is 1. The minimum atomic E-state index is -1.01. The van der Waals surface area contributed by atoms with Crippen molar-refractivity contribution in [3.8, 4) is 0 Å². The highest BCUT2D eigenvalue weighted by Crippen LogP contribution is 2.14. The summed E-state index contributed by atoms with van der Waals surface area (Å²) in [6, 6.07) is -0.865. The van der Waals surface area contributed by atoms with Crippen LogP contribution < -0.4 is 10.5 Å². The van der Waals surface area contributed by atoms with E-state index in [9.17, 15) is 14.7 Å². The Morgan fingerprint density at radius 2 is 2.32 bits per heavy atom. The van der Waals surface area contributed by atoms with Crippen molar-refractivity contribution in [1.82, 2.24) is 9.55 Å². The summed E-state index contributed by atoms with van der Waals surface area (Å²) >= 11 is 0. The summed E-state index contributed by atoms with van der Waals surface area (Å²) in [5.41, 5.74) is -0.273. The van der Waals surface area contributed by atoms with Crippen LogP contribution in [0, 0.1) is 0 Å². The lowest BCUT2D eigenvalue weighted by atomic mass is 10.2. The molecule has 0 saturated carbocycles. The van der Waals surface area contributed by atoms with E-state index in [1.807, 2.05) is 13.8 Å². The molecule has 0 spiro atoms. The molecule has 104 valence electrons. The first-order chi connectivity index (χ1) is 9.02. The fourth-order valence-corrected chi connectivity index (χ4v) is 2.08. The number of carboxylic acid groups (broad SMARTS) is 1. The summed E-state index contributed by atoms with van der Waals surface area (Å²) in [6.45, 7) is 4.58. The summed E-state index contributed by atoms with van der Waals surface area (Å²) in [5.74, 6) is -0.840. The van der Waals surface area contributed by atoms with Crippen molar-refractivity contribution >= 4 is 11.8 Å². The number of aliphatic carboxylic acids is 1. The number of carboxylic acids is 1. The van der Waals surface area contributed by atoms with E-state index in [-0.39, 0.29) is 24.0 Å². The van der Waals surface area contributed by atoms with Crippen LogP contribution in [0.5, 0.6) is 0 Å². The highest BCUT2D eigenvalue weighted by molar-refractivity contribution is 5.78. The second-order valence-electron chi connectivity index (χ2n) is 4.68. The molecule has 7 nitrogen and oxygen atoms in total. The zero-order chi connectivity index (χ0) is 14.0. The molecule has 19 heavy (non-hydrogen) atoms. The Balaban J connectivity index is 2.42. The van der Waals surface area contributed by atoms with E-state index in [0.29, 0.717) is 13.2 Å². The van der Waals surface area contributed by atoms with Crippen molar-refractivity contribution < 1.29 is 14.6 Å². The van der Waals surface area contributed by atoms with Crippen LogP contribution in [0.3, 0.4) is 0 Å². The summed E-state index contributed by atoms with van der Waals surface area (Å²) in [4.78, 5) is 29.1. The van der Waals surface area contributed by atoms with Crippen LogP contribution in [0.15, 0.2) is 17.2 Å². The Kier molecular flexibility index (Phi) is 3.84. The molecule has 1 aromatic heterocycles. The molecule has 0 aliphatic carbocycles. The highest BCUT2D eigenvalue weighted by Gasteiger charge is 2.32. The maximum atomic E-state index is 12.3. The first-order valence-electron chi connectivity index (χ1n) is 6.16. The number of ether oxygens (including phenoxy) is 1. The average molecular weight is 267 g/mol. The Bertz CT molecular complexity index is 526. The number of carbonyl (C=O) groups is 1. The average Bonchev–Trinajstić information content (AvgIpc) is 2.38. The molecule has 1 aliphatic rings. The Labute approximate surface area is 110 Å². The molecule has 1 aromatic rings. The highest BCUT2D eigenvalue weighted by atomic mass is 16.5. The topological polar surface area (TPSA) is 84.7 Å². The Morgan fingerprint density at radius 1 is 1.58 bits per heavy atom. The molecule has 1 fully saturated rings. The molecule has 1 N–H and O–H groups in total. The van der Waals surface area contributed by atoms with E-state index in [1.54, 1.807) is 6.20 Å². The van der Waals surface area contributed by atoms with Crippen LogP contribution >= 0.6 is 0 Å². The van der Waals surface area contributed by atoms with E-state index in [0.717, 1.165) is 0 Å². The molecule has 1 saturated heterocycles. The molecule has 1 unspecified atom stereocenters. The minimum Gasteiger partial charge on any atom is -0.480 e. The summed E-state index contributed by atoms with van der Waals surface area (Å²) in [6.07, 6.45) is 3.12. The first kappa shape index (κ1) is 13.5. The second kappa shape index (κ2) is 5.40. The van der Waals surface area contributed by atoms with Gasteiger partial charge < -0.3 is 19.3 Å². The smallest absolute Gasteiger partial charge is 0.328 e. The van der Waals surface area contributed by atoms with Gasteiger partial charge >= 0.3 is 5.97 Å². The van der Waals surface area contributed by atoms with Gasteiger partial charge in [-0.25, -0.2) is 9.78 Å². The number of hydrogen-bond acceptors (Lipinski definition) is 5. The van der Waals surface area contributed by atoms with Crippen LogP contribution in [0.1, 0.15) is 19.9 Å². The van der Waals surface area contributed by atoms with Gasteiger partial charge in [-0.3, -0.25) is 4.79 Å². The molecule has 0 aromatic carbocycles. The molecule has 0 bridgehead atoms. The number of nitrogens with zero attached hydrogens (tertiary/aromatic N) is 3. The van der Waals surface area contributed by atoms with Crippen LogP contribution in [0.25, 0.3) is 0 Å². The largest absolute Gasteiger partial charge is 0.480 e. The van der Waals surface area contributed by atoms with Crippen LogP contribution in [0.4, 0.5) is 5.82 Å². The van der Waals surface area contributed by atoms with Crippen LogP contribution in [0.2, 0.25) is 0 Å². The molecular formula is C12H17N3O4. The van der Waals surface area contributed by atoms with Gasteiger partial charge in [0.2, 0.25) is 0 Å².